The molecular weight excluding hydrogens is 330 g/mol. The van der Waals surface area contributed by atoms with Crippen molar-refractivity contribution in [2.24, 2.45) is 5.10 Å². The molecule has 1 fully saturated rings. The van der Waals surface area contributed by atoms with Crippen LogP contribution < -0.4 is 10.5 Å². The van der Waals surface area contributed by atoms with Crippen LogP contribution in [0.2, 0.25) is 0 Å². The summed E-state index contributed by atoms with van der Waals surface area (Å²) in [5.74, 6) is 1.21. The van der Waals surface area contributed by atoms with Crippen molar-refractivity contribution in [2.45, 2.75) is 33.0 Å². The summed E-state index contributed by atoms with van der Waals surface area (Å²) in [7, 11) is 0. The van der Waals surface area contributed by atoms with E-state index in [2.05, 4.69) is 28.8 Å². The van der Waals surface area contributed by atoms with Crippen molar-refractivity contribution in [3.63, 3.8) is 0 Å². The molecule has 7 heteroatoms. The van der Waals surface area contributed by atoms with E-state index >= 15 is 0 Å². The number of nitrogens with zero attached hydrogens (tertiary/aromatic N) is 4. The van der Waals surface area contributed by atoms with Gasteiger partial charge in [0.2, 0.25) is 5.95 Å². The quantitative estimate of drug-likeness (QED) is 0.802. The van der Waals surface area contributed by atoms with Crippen LogP contribution in [-0.4, -0.2) is 59.2 Å². The number of aryl methyl sites for hydroxylation is 1. The Hall–Kier alpha value is -2.38. The van der Waals surface area contributed by atoms with Gasteiger partial charge in [0.25, 0.3) is 0 Å². The van der Waals surface area contributed by atoms with E-state index in [0.717, 1.165) is 36.6 Å². The van der Waals surface area contributed by atoms with Gasteiger partial charge in [0.1, 0.15) is 12.4 Å². The summed E-state index contributed by atoms with van der Waals surface area (Å²) in [5, 5.41) is 4.33. The van der Waals surface area contributed by atoms with E-state index in [1.807, 2.05) is 31.2 Å². The van der Waals surface area contributed by atoms with Crippen LogP contribution >= 0.6 is 0 Å². The molecule has 0 aliphatic carbocycles. The van der Waals surface area contributed by atoms with Crippen molar-refractivity contribution in [1.82, 2.24) is 14.6 Å². The zero-order chi connectivity index (χ0) is 18.5. The number of nitrogens with two attached hydrogens (primary N) is 1. The highest BCUT2D eigenvalue weighted by Gasteiger charge is 2.21. The second-order valence-corrected chi connectivity index (χ2v) is 6.77. The number of hydrogen-bond donors (Lipinski definition) is 1. The topological polar surface area (TPSA) is 77.9 Å². The van der Waals surface area contributed by atoms with E-state index in [4.69, 9.17) is 15.2 Å². The van der Waals surface area contributed by atoms with Crippen LogP contribution in [0, 0.1) is 6.92 Å². The molecule has 2 heterocycles. The number of hydrogen-bond acceptors (Lipinski definition) is 6. The smallest absolute Gasteiger partial charge is 0.221 e. The van der Waals surface area contributed by atoms with Gasteiger partial charge in [-0.15, -0.1) is 0 Å². The van der Waals surface area contributed by atoms with E-state index in [0.29, 0.717) is 12.6 Å². The first-order valence-electron chi connectivity index (χ1n) is 8.96. The molecule has 2 atom stereocenters. The maximum Gasteiger partial charge on any atom is 0.221 e. The van der Waals surface area contributed by atoms with Crippen molar-refractivity contribution in [3.8, 4) is 5.75 Å². The standard InChI is InChI=1S/C19H27N5O2/c1-14-11-24(19(20)22-14)21-10-17-5-4-6-18(9-17)25-8-7-23-12-15(2)26-16(3)13-23/h4-6,9-11,15-16H,7-8,12-13H2,1-3H3,(H2,20,22). The van der Waals surface area contributed by atoms with Gasteiger partial charge in [-0.1, -0.05) is 12.1 Å². The molecule has 0 spiro atoms. The van der Waals surface area contributed by atoms with Gasteiger partial charge in [-0.05, 0) is 38.5 Å². The lowest BCUT2D eigenvalue weighted by Gasteiger charge is -2.35. The minimum absolute atomic E-state index is 0.275. The Morgan fingerprint density at radius 3 is 2.81 bits per heavy atom. The molecule has 7 nitrogen and oxygen atoms in total. The van der Waals surface area contributed by atoms with Gasteiger partial charge < -0.3 is 15.2 Å². The van der Waals surface area contributed by atoms with Gasteiger partial charge in [0, 0.05) is 19.6 Å². The van der Waals surface area contributed by atoms with E-state index in [-0.39, 0.29) is 12.2 Å². The third-order valence-electron chi connectivity index (χ3n) is 4.20. The van der Waals surface area contributed by atoms with Gasteiger partial charge in [-0.3, -0.25) is 4.90 Å². The lowest BCUT2D eigenvalue weighted by atomic mass is 10.2. The zero-order valence-electron chi connectivity index (χ0n) is 15.6. The first-order chi connectivity index (χ1) is 12.5. The van der Waals surface area contributed by atoms with Crippen molar-refractivity contribution in [1.29, 1.82) is 0 Å². The number of imidazole rings is 1. The molecule has 3 rings (SSSR count). The van der Waals surface area contributed by atoms with Gasteiger partial charge in [-0.25, -0.2) is 9.66 Å². The van der Waals surface area contributed by atoms with Crippen LogP contribution in [0.4, 0.5) is 5.95 Å². The summed E-state index contributed by atoms with van der Waals surface area (Å²) in [5.41, 5.74) is 7.57. The van der Waals surface area contributed by atoms with Crippen LogP contribution in [0.15, 0.2) is 35.6 Å². The maximum absolute atomic E-state index is 5.91. The number of anilines is 1. The summed E-state index contributed by atoms with van der Waals surface area (Å²) >= 11 is 0. The first kappa shape index (κ1) is 18.4. The molecule has 2 N–H and O–H groups in total. The van der Waals surface area contributed by atoms with Gasteiger partial charge >= 0.3 is 0 Å². The third kappa shape index (κ3) is 5.06. The average molecular weight is 357 g/mol. The molecule has 1 aromatic heterocycles. The van der Waals surface area contributed by atoms with Crippen LogP contribution in [0.25, 0.3) is 0 Å². The maximum atomic E-state index is 5.91. The van der Waals surface area contributed by atoms with E-state index < -0.39 is 0 Å². The second-order valence-electron chi connectivity index (χ2n) is 6.77. The lowest BCUT2D eigenvalue weighted by molar-refractivity contribution is -0.0699. The van der Waals surface area contributed by atoms with Crippen molar-refractivity contribution < 1.29 is 9.47 Å². The van der Waals surface area contributed by atoms with E-state index in [1.54, 1.807) is 17.1 Å². The minimum Gasteiger partial charge on any atom is -0.492 e. The molecule has 1 saturated heterocycles. The van der Waals surface area contributed by atoms with Crippen LogP contribution in [0.3, 0.4) is 0 Å². The molecule has 0 saturated carbocycles. The predicted molar refractivity (Wildman–Crippen MR) is 103 cm³/mol. The summed E-state index contributed by atoms with van der Waals surface area (Å²) < 4.78 is 13.2. The average Bonchev–Trinajstić information content (AvgIpc) is 2.90. The SMILES string of the molecule is Cc1cn(N=Cc2cccc(OCCN3CC(C)OC(C)C3)c2)c(N)n1. The third-order valence-corrected chi connectivity index (χ3v) is 4.20. The predicted octanol–water partition coefficient (Wildman–Crippen LogP) is 2.14. The number of rotatable bonds is 6. The summed E-state index contributed by atoms with van der Waals surface area (Å²) in [6.07, 6.45) is 4.08. The molecular formula is C19H27N5O2. The normalized spacial score (nSPS) is 21.3. The second kappa shape index (κ2) is 8.33. The highest BCUT2D eigenvalue weighted by molar-refractivity contribution is 5.80. The molecule has 2 unspecified atom stereocenters. The van der Waals surface area contributed by atoms with Crippen molar-refractivity contribution in [3.05, 3.63) is 41.7 Å². The molecule has 140 valence electrons. The van der Waals surface area contributed by atoms with Crippen LogP contribution in [0.5, 0.6) is 5.75 Å². The Labute approximate surface area is 154 Å². The van der Waals surface area contributed by atoms with Gasteiger partial charge in [0.15, 0.2) is 0 Å². The highest BCUT2D eigenvalue weighted by atomic mass is 16.5. The molecule has 0 bridgehead atoms. The first-order valence-corrected chi connectivity index (χ1v) is 8.96. The van der Waals surface area contributed by atoms with Gasteiger partial charge in [-0.2, -0.15) is 5.10 Å². The van der Waals surface area contributed by atoms with E-state index in [1.165, 1.54) is 0 Å². The molecule has 2 aromatic rings. The fourth-order valence-corrected chi connectivity index (χ4v) is 3.17. The van der Waals surface area contributed by atoms with Gasteiger partial charge in [0.05, 0.1) is 30.3 Å². The Bertz CT molecular complexity index is 748. The Morgan fingerprint density at radius 2 is 2.12 bits per heavy atom. The molecule has 1 aliphatic heterocycles. The molecule has 1 aromatic carbocycles. The lowest BCUT2D eigenvalue weighted by Crippen LogP contribution is -2.46. The summed E-state index contributed by atoms with van der Waals surface area (Å²) in [6.45, 7) is 9.54. The number of ether oxygens (including phenoxy) is 2. The zero-order valence-corrected chi connectivity index (χ0v) is 15.6. The number of aromatic nitrogens is 2. The van der Waals surface area contributed by atoms with Crippen LogP contribution in [-0.2, 0) is 4.74 Å². The molecule has 0 radical (unpaired) electrons. The largest absolute Gasteiger partial charge is 0.492 e. The fraction of sp³-hybridized carbons (Fsp3) is 0.474. The molecule has 26 heavy (non-hydrogen) atoms. The molecule has 1 aliphatic rings. The fourth-order valence-electron chi connectivity index (χ4n) is 3.17. The Kier molecular flexibility index (Phi) is 5.90. The number of nitrogen functional groups attached to an aromatic ring is 1. The number of benzene rings is 1. The van der Waals surface area contributed by atoms with E-state index in [9.17, 15) is 0 Å². The van der Waals surface area contributed by atoms with Crippen molar-refractivity contribution >= 4 is 12.2 Å². The Morgan fingerprint density at radius 1 is 1.35 bits per heavy atom. The summed E-state index contributed by atoms with van der Waals surface area (Å²) in [4.78, 5) is 6.51. The highest BCUT2D eigenvalue weighted by Crippen LogP contribution is 2.14. The van der Waals surface area contributed by atoms with Crippen molar-refractivity contribution in [2.75, 3.05) is 32.0 Å². The van der Waals surface area contributed by atoms with Crippen LogP contribution in [0.1, 0.15) is 25.1 Å². The monoisotopic (exact) mass is 357 g/mol. The number of morpholine rings is 1. The Balaban J connectivity index is 1.53. The summed E-state index contributed by atoms with van der Waals surface area (Å²) in [6, 6.07) is 7.85. The molecule has 0 amide bonds. The minimum atomic E-state index is 0.275.